The van der Waals surface area contributed by atoms with Crippen molar-refractivity contribution in [1.82, 2.24) is 24.8 Å². The number of aromatic nitrogens is 3. The molecule has 3 aromatic rings. The number of carbonyl (C=O) groups is 3. The number of imide groups is 1. The van der Waals surface area contributed by atoms with Gasteiger partial charge in [-0.1, -0.05) is 30.2 Å². The van der Waals surface area contributed by atoms with E-state index in [-0.39, 0.29) is 36.2 Å². The van der Waals surface area contributed by atoms with E-state index in [1.54, 1.807) is 36.7 Å². The summed E-state index contributed by atoms with van der Waals surface area (Å²) < 4.78 is 0. The lowest BCUT2D eigenvalue weighted by atomic mass is 9.93. The quantitative estimate of drug-likeness (QED) is 0.564. The lowest BCUT2D eigenvalue weighted by molar-refractivity contribution is 0.0537. The molecule has 2 aliphatic heterocycles. The third-order valence-electron chi connectivity index (χ3n) is 7.57. The molecular formula is C26H25N5O3. The van der Waals surface area contributed by atoms with Crippen LogP contribution in [0.1, 0.15) is 55.9 Å². The highest BCUT2D eigenvalue weighted by atomic mass is 16.2. The molecule has 34 heavy (non-hydrogen) atoms. The summed E-state index contributed by atoms with van der Waals surface area (Å²) in [7, 11) is 0. The fraction of sp³-hybridized carbons (Fsp3) is 0.346. The summed E-state index contributed by atoms with van der Waals surface area (Å²) in [5, 5.41) is 8.45. The SMILES string of the molecule is Cc1ccc(-n2nccn2)c(C(=O)N2CC3CCCC3C2CN2C(=O)c3ccccc3C2=O)c1. The van der Waals surface area contributed by atoms with Crippen LogP contribution >= 0.6 is 0 Å². The van der Waals surface area contributed by atoms with Gasteiger partial charge in [0.05, 0.1) is 47.4 Å². The number of benzene rings is 2. The number of rotatable bonds is 4. The molecule has 8 heteroatoms. The third-order valence-corrected chi connectivity index (χ3v) is 7.57. The molecule has 0 bridgehead atoms. The molecule has 8 nitrogen and oxygen atoms in total. The van der Waals surface area contributed by atoms with E-state index in [4.69, 9.17) is 0 Å². The molecule has 1 saturated heterocycles. The first-order valence-electron chi connectivity index (χ1n) is 11.8. The van der Waals surface area contributed by atoms with Crippen LogP contribution in [0.3, 0.4) is 0 Å². The second-order valence-electron chi connectivity index (χ2n) is 9.49. The van der Waals surface area contributed by atoms with Crippen LogP contribution in [0.25, 0.3) is 5.69 Å². The fourth-order valence-electron chi connectivity index (χ4n) is 5.97. The highest BCUT2D eigenvalue weighted by Gasteiger charge is 2.49. The third kappa shape index (κ3) is 3.16. The van der Waals surface area contributed by atoms with Crippen molar-refractivity contribution in [3.8, 4) is 5.69 Å². The average Bonchev–Trinajstić information content (AvgIpc) is 3.62. The normalized spacial score (nSPS) is 23.5. The molecule has 3 heterocycles. The molecule has 0 N–H and O–H groups in total. The zero-order chi connectivity index (χ0) is 23.4. The van der Waals surface area contributed by atoms with E-state index in [1.807, 2.05) is 30.0 Å². The molecule has 1 aliphatic carbocycles. The van der Waals surface area contributed by atoms with Crippen molar-refractivity contribution in [2.75, 3.05) is 13.1 Å². The van der Waals surface area contributed by atoms with Gasteiger partial charge in [0.25, 0.3) is 17.7 Å². The van der Waals surface area contributed by atoms with Crippen LogP contribution in [-0.4, -0.2) is 61.6 Å². The zero-order valence-corrected chi connectivity index (χ0v) is 18.9. The molecule has 6 rings (SSSR count). The average molecular weight is 456 g/mol. The van der Waals surface area contributed by atoms with Crippen molar-refractivity contribution in [1.29, 1.82) is 0 Å². The van der Waals surface area contributed by atoms with E-state index in [0.717, 1.165) is 24.8 Å². The number of aryl methyl sites for hydroxylation is 1. The predicted octanol–water partition coefficient (Wildman–Crippen LogP) is 3.11. The highest BCUT2D eigenvalue weighted by molar-refractivity contribution is 6.21. The molecule has 3 amide bonds. The standard InChI is InChI=1S/C26H25N5O3/c1-16-9-10-22(31-27-11-12-28-31)21(13-16)26(34)29-14-17-5-4-8-18(17)23(29)15-30-24(32)19-6-2-3-7-20(19)25(30)33/h2-3,6-7,9-13,17-18,23H,4-5,8,14-15H2,1H3. The number of hydrogen-bond donors (Lipinski definition) is 0. The Hall–Kier alpha value is -3.81. The zero-order valence-electron chi connectivity index (χ0n) is 18.9. The summed E-state index contributed by atoms with van der Waals surface area (Å²) in [6.07, 6.45) is 6.35. The van der Waals surface area contributed by atoms with Gasteiger partial charge >= 0.3 is 0 Å². The van der Waals surface area contributed by atoms with Gasteiger partial charge in [0, 0.05) is 6.54 Å². The number of fused-ring (bicyclic) bond motifs is 2. The van der Waals surface area contributed by atoms with E-state index in [2.05, 4.69) is 10.2 Å². The number of nitrogens with zero attached hydrogens (tertiary/aromatic N) is 5. The Bertz CT molecular complexity index is 1270. The summed E-state index contributed by atoms with van der Waals surface area (Å²) in [5.41, 5.74) is 3.00. The maximum Gasteiger partial charge on any atom is 0.261 e. The van der Waals surface area contributed by atoms with Gasteiger partial charge in [0.2, 0.25) is 0 Å². The number of amides is 3. The van der Waals surface area contributed by atoms with Crippen LogP contribution in [-0.2, 0) is 0 Å². The van der Waals surface area contributed by atoms with Gasteiger partial charge in [0.15, 0.2) is 0 Å². The van der Waals surface area contributed by atoms with E-state index in [1.165, 1.54) is 9.70 Å². The summed E-state index contributed by atoms with van der Waals surface area (Å²) in [4.78, 5) is 44.8. The minimum Gasteiger partial charge on any atom is -0.333 e. The second-order valence-corrected chi connectivity index (χ2v) is 9.49. The lowest BCUT2D eigenvalue weighted by Crippen LogP contribution is -2.47. The Morgan fingerprint density at radius 1 is 1.00 bits per heavy atom. The van der Waals surface area contributed by atoms with Crippen LogP contribution < -0.4 is 0 Å². The van der Waals surface area contributed by atoms with Crippen molar-refractivity contribution in [3.05, 3.63) is 77.1 Å². The molecular weight excluding hydrogens is 430 g/mol. The van der Waals surface area contributed by atoms with Crippen molar-refractivity contribution < 1.29 is 14.4 Å². The van der Waals surface area contributed by atoms with E-state index in [9.17, 15) is 14.4 Å². The first kappa shape index (κ1) is 20.8. The Kier molecular flexibility index (Phi) is 4.83. The molecule has 1 saturated carbocycles. The molecule has 3 unspecified atom stereocenters. The van der Waals surface area contributed by atoms with Crippen molar-refractivity contribution in [2.24, 2.45) is 11.8 Å². The van der Waals surface area contributed by atoms with Gasteiger partial charge in [-0.3, -0.25) is 19.3 Å². The Labute approximate surface area is 197 Å². The molecule has 0 spiro atoms. The molecule has 172 valence electrons. The second kappa shape index (κ2) is 7.90. The highest BCUT2D eigenvalue weighted by Crippen LogP contribution is 2.43. The molecule has 2 fully saturated rings. The fourth-order valence-corrected chi connectivity index (χ4v) is 5.97. The van der Waals surface area contributed by atoms with Crippen LogP contribution in [0, 0.1) is 18.8 Å². The number of carbonyl (C=O) groups excluding carboxylic acids is 3. The van der Waals surface area contributed by atoms with Gasteiger partial charge in [-0.2, -0.15) is 15.0 Å². The molecule has 2 aromatic carbocycles. The van der Waals surface area contributed by atoms with E-state index in [0.29, 0.717) is 34.8 Å². The Balaban J connectivity index is 1.35. The summed E-state index contributed by atoms with van der Waals surface area (Å²) >= 11 is 0. The van der Waals surface area contributed by atoms with Crippen LogP contribution in [0.4, 0.5) is 0 Å². The molecule has 3 aliphatic rings. The Morgan fingerprint density at radius 3 is 2.41 bits per heavy atom. The maximum absolute atomic E-state index is 14.0. The van der Waals surface area contributed by atoms with Crippen molar-refractivity contribution in [2.45, 2.75) is 32.2 Å². The van der Waals surface area contributed by atoms with Crippen molar-refractivity contribution >= 4 is 17.7 Å². The smallest absolute Gasteiger partial charge is 0.261 e. The predicted molar refractivity (Wildman–Crippen MR) is 124 cm³/mol. The van der Waals surface area contributed by atoms with Crippen LogP contribution in [0.5, 0.6) is 0 Å². The monoisotopic (exact) mass is 455 g/mol. The minimum atomic E-state index is -0.272. The molecule has 1 aromatic heterocycles. The van der Waals surface area contributed by atoms with Crippen molar-refractivity contribution in [3.63, 3.8) is 0 Å². The Morgan fingerprint density at radius 2 is 1.71 bits per heavy atom. The van der Waals surface area contributed by atoms with Gasteiger partial charge in [-0.15, -0.1) is 0 Å². The van der Waals surface area contributed by atoms with Crippen LogP contribution in [0.2, 0.25) is 0 Å². The van der Waals surface area contributed by atoms with Gasteiger partial charge in [-0.25, -0.2) is 0 Å². The summed E-state index contributed by atoms with van der Waals surface area (Å²) in [6.45, 7) is 2.81. The van der Waals surface area contributed by atoms with E-state index < -0.39 is 0 Å². The largest absolute Gasteiger partial charge is 0.333 e. The summed E-state index contributed by atoms with van der Waals surface area (Å²) in [5.74, 6) is 0.0226. The maximum atomic E-state index is 14.0. The molecule has 3 atom stereocenters. The van der Waals surface area contributed by atoms with Crippen LogP contribution in [0.15, 0.2) is 54.9 Å². The number of hydrogen-bond acceptors (Lipinski definition) is 5. The van der Waals surface area contributed by atoms with Gasteiger partial charge in [-0.05, 0) is 55.9 Å². The first-order chi connectivity index (χ1) is 16.5. The number of likely N-dealkylation sites (tertiary alicyclic amines) is 1. The lowest BCUT2D eigenvalue weighted by Gasteiger charge is -2.31. The first-order valence-corrected chi connectivity index (χ1v) is 11.8. The van der Waals surface area contributed by atoms with E-state index >= 15 is 0 Å². The minimum absolute atomic E-state index is 0.105. The van der Waals surface area contributed by atoms with Gasteiger partial charge < -0.3 is 4.90 Å². The topological polar surface area (TPSA) is 88.4 Å². The molecule has 0 radical (unpaired) electrons. The van der Waals surface area contributed by atoms with Gasteiger partial charge in [0.1, 0.15) is 0 Å². The summed E-state index contributed by atoms with van der Waals surface area (Å²) in [6, 6.07) is 12.4.